The third-order valence-corrected chi connectivity index (χ3v) is 1.99. The van der Waals surface area contributed by atoms with E-state index < -0.39 is 0 Å². The Morgan fingerprint density at radius 3 is 2.60 bits per heavy atom. The monoisotopic (exact) mass is 203 g/mol. The van der Waals surface area contributed by atoms with Gasteiger partial charge in [-0.2, -0.15) is 0 Å². The molecule has 0 spiro atoms. The number of carbonyl (C=O) groups is 1. The molecule has 1 aromatic carbocycles. The van der Waals surface area contributed by atoms with E-state index in [9.17, 15) is 4.79 Å². The number of ether oxygens (including phenoxy) is 1. The Bertz CT molecular complexity index is 362. The van der Waals surface area contributed by atoms with E-state index in [1.807, 2.05) is 12.1 Å². The molecular formula is C12H13NO2. The SMILES string of the molecule is [C-]#[N+]c1ccc(CCC(=O)OCC)cc1. The molecule has 0 N–H and O–H groups in total. The Hall–Kier alpha value is -1.82. The first-order valence-electron chi connectivity index (χ1n) is 4.88. The van der Waals surface area contributed by atoms with Gasteiger partial charge in [0, 0.05) is 6.42 Å². The highest BCUT2D eigenvalue weighted by Crippen LogP contribution is 2.13. The molecule has 0 saturated carbocycles. The second-order valence-corrected chi connectivity index (χ2v) is 3.08. The quantitative estimate of drug-likeness (QED) is 0.556. The van der Waals surface area contributed by atoms with Crippen molar-refractivity contribution in [2.75, 3.05) is 6.61 Å². The molecule has 0 aliphatic rings. The lowest BCUT2D eigenvalue weighted by Gasteiger charge is -2.02. The van der Waals surface area contributed by atoms with Crippen molar-refractivity contribution >= 4 is 11.7 Å². The summed E-state index contributed by atoms with van der Waals surface area (Å²) in [6.07, 6.45) is 1.06. The van der Waals surface area contributed by atoms with Gasteiger partial charge in [0.15, 0.2) is 5.69 Å². The summed E-state index contributed by atoms with van der Waals surface area (Å²) in [5.74, 6) is -0.174. The molecule has 0 aliphatic heterocycles. The van der Waals surface area contributed by atoms with Crippen molar-refractivity contribution in [3.63, 3.8) is 0 Å². The minimum Gasteiger partial charge on any atom is -0.466 e. The fourth-order valence-electron chi connectivity index (χ4n) is 1.22. The van der Waals surface area contributed by atoms with Crippen LogP contribution in [-0.4, -0.2) is 12.6 Å². The number of esters is 1. The van der Waals surface area contributed by atoms with Crippen LogP contribution in [0.25, 0.3) is 4.85 Å². The molecular weight excluding hydrogens is 190 g/mol. The van der Waals surface area contributed by atoms with Crippen LogP contribution < -0.4 is 0 Å². The molecule has 3 heteroatoms. The van der Waals surface area contributed by atoms with Gasteiger partial charge in [0.05, 0.1) is 13.2 Å². The summed E-state index contributed by atoms with van der Waals surface area (Å²) in [5.41, 5.74) is 1.67. The predicted molar refractivity (Wildman–Crippen MR) is 57.7 cm³/mol. The second kappa shape index (κ2) is 5.82. The highest BCUT2D eigenvalue weighted by molar-refractivity contribution is 5.69. The summed E-state index contributed by atoms with van der Waals surface area (Å²) in [7, 11) is 0. The normalized spacial score (nSPS) is 9.33. The summed E-state index contributed by atoms with van der Waals surface area (Å²) < 4.78 is 4.82. The van der Waals surface area contributed by atoms with Crippen LogP contribution >= 0.6 is 0 Å². The third-order valence-electron chi connectivity index (χ3n) is 1.99. The van der Waals surface area contributed by atoms with Crippen molar-refractivity contribution in [2.45, 2.75) is 19.8 Å². The van der Waals surface area contributed by atoms with E-state index in [1.54, 1.807) is 19.1 Å². The van der Waals surface area contributed by atoms with Gasteiger partial charge in [0.2, 0.25) is 0 Å². The number of carbonyl (C=O) groups excluding carboxylic acids is 1. The first-order chi connectivity index (χ1) is 7.26. The largest absolute Gasteiger partial charge is 0.466 e. The molecule has 0 fully saturated rings. The first kappa shape index (κ1) is 11.3. The minimum absolute atomic E-state index is 0.174. The Balaban J connectivity index is 2.45. The van der Waals surface area contributed by atoms with Crippen LogP contribution in [0.1, 0.15) is 18.9 Å². The fourth-order valence-corrected chi connectivity index (χ4v) is 1.22. The topological polar surface area (TPSA) is 30.7 Å². The van der Waals surface area contributed by atoms with Gasteiger partial charge in [0.25, 0.3) is 0 Å². The lowest BCUT2D eigenvalue weighted by molar-refractivity contribution is -0.143. The Kier molecular flexibility index (Phi) is 4.36. The summed E-state index contributed by atoms with van der Waals surface area (Å²) in [4.78, 5) is 14.4. The van der Waals surface area contributed by atoms with E-state index in [4.69, 9.17) is 11.3 Å². The lowest BCUT2D eigenvalue weighted by atomic mass is 10.1. The van der Waals surface area contributed by atoms with Gasteiger partial charge < -0.3 is 4.74 Å². The number of hydrogen-bond donors (Lipinski definition) is 0. The summed E-state index contributed by atoms with van der Waals surface area (Å²) in [6.45, 7) is 9.01. The van der Waals surface area contributed by atoms with Gasteiger partial charge in [0.1, 0.15) is 0 Å². The summed E-state index contributed by atoms with van der Waals surface area (Å²) >= 11 is 0. The van der Waals surface area contributed by atoms with Gasteiger partial charge >= 0.3 is 5.97 Å². The molecule has 0 heterocycles. The molecule has 15 heavy (non-hydrogen) atoms. The molecule has 0 saturated heterocycles. The maximum absolute atomic E-state index is 11.1. The molecule has 0 atom stereocenters. The van der Waals surface area contributed by atoms with Crippen LogP contribution in [0.5, 0.6) is 0 Å². The molecule has 0 aliphatic carbocycles. The molecule has 0 bridgehead atoms. The molecule has 0 aromatic heterocycles. The van der Waals surface area contributed by atoms with Crippen molar-refractivity contribution in [2.24, 2.45) is 0 Å². The van der Waals surface area contributed by atoms with Crippen LogP contribution in [0.15, 0.2) is 24.3 Å². The van der Waals surface area contributed by atoms with Crippen molar-refractivity contribution in [1.29, 1.82) is 0 Å². The molecule has 0 radical (unpaired) electrons. The maximum atomic E-state index is 11.1. The Morgan fingerprint density at radius 1 is 1.40 bits per heavy atom. The van der Waals surface area contributed by atoms with Crippen LogP contribution in [0, 0.1) is 6.57 Å². The average Bonchev–Trinajstić information content (AvgIpc) is 2.27. The Labute approximate surface area is 89.5 Å². The number of aryl methyl sites for hydroxylation is 1. The van der Waals surface area contributed by atoms with Crippen LogP contribution in [-0.2, 0) is 16.0 Å². The number of rotatable bonds is 4. The third kappa shape index (κ3) is 3.82. The summed E-state index contributed by atoms with van der Waals surface area (Å²) in [6, 6.07) is 7.25. The molecule has 3 nitrogen and oxygen atoms in total. The average molecular weight is 203 g/mol. The van der Waals surface area contributed by atoms with E-state index in [1.165, 1.54) is 0 Å². The van der Waals surface area contributed by atoms with Gasteiger partial charge in [-0.1, -0.05) is 24.3 Å². The van der Waals surface area contributed by atoms with Crippen molar-refractivity contribution in [3.8, 4) is 0 Å². The standard InChI is InChI=1S/C12H13NO2/c1-3-15-12(14)9-6-10-4-7-11(13-2)8-5-10/h4-5,7-8H,3,6,9H2,1H3. The fraction of sp³-hybridized carbons (Fsp3) is 0.333. The van der Waals surface area contributed by atoms with Gasteiger partial charge in [-0.05, 0) is 18.9 Å². The van der Waals surface area contributed by atoms with E-state index in [0.29, 0.717) is 25.1 Å². The molecule has 78 valence electrons. The zero-order valence-corrected chi connectivity index (χ0v) is 8.69. The van der Waals surface area contributed by atoms with Gasteiger partial charge in [-0.15, -0.1) is 0 Å². The lowest BCUT2D eigenvalue weighted by Crippen LogP contribution is -2.04. The summed E-state index contributed by atoms with van der Waals surface area (Å²) in [5, 5.41) is 0. The minimum atomic E-state index is -0.174. The van der Waals surface area contributed by atoms with Crippen molar-refractivity contribution in [3.05, 3.63) is 41.2 Å². The second-order valence-electron chi connectivity index (χ2n) is 3.08. The highest BCUT2D eigenvalue weighted by Gasteiger charge is 2.02. The van der Waals surface area contributed by atoms with E-state index in [2.05, 4.69) is 4.85 Å². The van der Waals surface area contributed by atoms with Gasteiger partial charge in [-0.3, -0.25) is 4.79 Å². The van der Waals surface area contributed by atoms with E-state index in [-0.39, 0.29) is 5.97 Å². The first-order valence-corrected chi connectivity index (χ1v) is 4.88. The number of benzene rings is 1. The molecule has 0 unspecified atom stereocenters. The zero-order valence-electron chi connectivity index (χ0n) is 8.69. The van der Waals surface area contributed by atoms with E-state index >= 15 is 0 Å². The predicted octanol–water partition coefficient (Wildman–Crippen LogP) is 2.73. The number of hydrogen-bond acceptors (Lipinski definition) is 2. The zero-order chi connectivity index (χ0) is 11.1. The van der Waals surface area contributed by atoms with Crippen molar-refractivity contribution < 1.29 is 9.53 Å². The molecule has 0 amide bonds. The number of nitrogens with zero attached hydrogens (tertiary/aromatic N) is 1. The smallest absolute Gasteiger partial charge is 0.306 e. The maximum Gasteiger partial charge on any atom is 0.306 e. The van der Waals surface area contributed by atoms with E-state index in [0.717, 1.165) is 5.56 Å². The molecule has 1 aromatic rings. The molecule has 1 rings (SSSR count). The van der Waals surface area contributed by atoms with Crippen molar-refractivity contribution in [1.82, 2.24) is 0 Å². The van der Waals surface area contributed by atoms with Crippen LogP contribution in [0.3, 0.4) is 0 Å². The van der Waals surface area contributed by atoms with Gasteiger partial charge in [-0.25, -0.2) is 4.85 Å². The highest BCUT2D eigenvalue weighted by atomic mass is 16.5. The van der Waals surface area contributed by atoms with Crippen LogP contribution in [0.2, 0.25) is 0 Å². The Morgan fingerprint density at radius 2 is 2.07 bits per heavy atom. The van der Waals surface area contributed by atoms with Crippen LogP contribution in [0.4, 0.5) is 5.69 Å².